The minimum Gasteiger partial charge on any atom is -0.497 e. The Hall–Kier alpha value is -3.19. The number of thioether (sulfide) groups is 1. The number of ether oxygens (including phenoxy) is 1. The zero-order valence-electron chi connectivity index (χ0n) is 16.4. The molecule has 1 unspecified atom stereocenters. The number of methoxy groups -OCH3 is 1. The molecule has 1 saturated heterocycles. The second kappa shape index (κ2) is 7.25. The summed E-state index contributed by atoms with van der Waals surface area (Å²) in [6.07, 6.45) is 1.47. The maximum atomic E-state index is 13.9. The van der Waals surface area contributed by atoms with Gasteiger partial charge >= 0.3 is 0 Å². The number of benzene rings is 2. The van der Waals surface area contributed by atoms with E-state index < -0.39 is 4.87 Å². The molecule has 3 aromatic rings. The van der Waals surface area contributed by atoms with Gasteiger partial charge in [0.1, 0.15) is 5.75 Å². The largest absolute Gasteiger partial charge is 0.497 e. The summed E-state index contributed by atoms with van der Waals surface area (Å²) in [6.45, 7) is 0.899. The Morgan fingerprint density at radius 1 is 1.17 bits per heavy atom. The molecule has 2 aromatic carbocycles. The topological polar surface area (TPSA) is 63.0 Å². The van der Waals surface area contributed by atoms with Gasteiger partial charge in [-0.05, 0) is 35.9 Å². The van der Waals surface area contributed by atoms with Crippen molar-refractivity contribution in [2.75, 3.05) is 24.3 Å². The van der Waals surface area contributed by atoms with Crippen LogP contribution in [0.2, 0.25) is 0 Å². The van der Waals surface area contributed by atoms with Gasteiger partial charge < -0.3 is 19.0 Å². The van der Waals surface area contributed by atoms with Crippen molar-refractivity contribution in [3.63, 3.8) is 0 Å². The van der Waals surface area contributed by atoms with Gasteiger partial charge in [0, 0.05) is 17.9 Å². The van der Waals surface area contributed by atoms with Crippen LogP contribution in [0, 0.1) is 0 Å². The molecule has 5 rings (SSSR count). The first-order valence-corrected chi connectivity index (χ1v) is 10.7. The molecular formula is C23H20N2O4S. The summed E-state index contributed by atoms with van der Waals surface area (Å²) in [4.78, 5) is 29.5. The molecule has 0 saturated carbocycles. The van der Waals surface area contributed by atoms with Crippen molar-refractivity contribution < 1.29 is 18.7 Å². The van der Waals surface area contributed by atoms with E-state index in [1.165, 1.54) is 18.0 Å². The number of carbonyl (C=O) groups is 2. The maximum Gasteiger partial charge on any atom is 0.291 e. The van der Waals surface area contributed by atoms with Crippen LogP contribution in [0.3, 0.4) is 0 Å². The highest BCUT2D eigenvalue weighted by atomic mass is 32.2. The molecule has 6 nitrogen and oxygen atoms in total. The fourth-order valence-corrected chi connectivity index (χ4v) is 5.63. The van der Waals surface area contributed by atoms with Crippen LogP contribution in [0.5, 0.6) is 5.75 Å². The molecule has 1 spiro atoms. The Balaban J connectivity index is 1.63. The number of nitrogens with zero attached hydrogens (tertiary/aromatic N) is 2. The first-order valence-electron chi connectivity index (χ1n) is 9.69. The smallest absolute Gasteiger partial charge is 0.291 e. The molecule has 7 heteroatoms. The van der Waals surface area contributed by atoms with Gasteiger partial charge in [-0.3, -0.25) is 9.59 Å². The van der Waals surface area contributed by atoms with Gasteiger partial charge in [-0.25, -0.2) is 0 Å². The summed E-state index contributed by atoms with van der Waals surface area (Å²) in [7, 11) is 1.60. The minimum atomic E-state index is -1.12. The molecule has 152 valence electrons. The van der Waals surface area contributed by atoms with E-state index in [0.29, 0.717) is 24.6 Å². The van der Waals surface area contributed by atoms with Crippen molar-refractivity contribution in [2.45, 2.75) is 11.4 Å². The molecule has 1 fully saturated rings. The van der Waals surface area contributed by atoms with Crippen LogP contribution in [-0.2, 0) is 16.2 Å². The molecule has 0 N–H and O–H groups in total. The van der Waals surface area contributed by atoms with Crippen molar-refractivity contribution in [1.29, 1.82) is 0 Å². The van der Waals surface area contributed by atoms with Crippen LogP contribution in [0.15, 0.2) is 71.3 Å². The number of furan rings is 1. The second-order valence-electron chi connectivity index (χ2n) is 7.19. The number of amides is 2. The van der Waals surface area contributed by atoms with Crippen molar-refractivity contribution in [1.82, 2.24) is 4.90 Å². The molecule has 1 aromatic heterocycles. The second-order valence-corrected chi connectivity index (χ2v) is 8.47. The molecule has 30 heavy (non-hydrogen) atoms. The molecular weight excluding hydrogens is 400 g/mol. The van der Waals surface area contributed by atoms with E-state index in [9.17, 15) is 9.59 Å². The fraction of sp³-hybridized carbons (Fsp3) is 0.217. The van der Waals surface area contributed by atoms with Gasteiger partial charge in [-0.2, -0.15) is 0 Å². The summed E-state index contributed by atoms with van der Waals surface area (Å²) >= 11 is 1.49. The lowest BCUT2D eigenvalue weighted by molar-refractivity contribution is -0.123. The number of anilines is 1. The third-order valence-corrected chi connectivity index (χ3v) is 6.98. The number of fused-ring (bicyclic) bond motifs is 2. The maximum absolute atomic E-state index is 13.9. The zero-order valence-corrected chi connectivity index (χ0v) is 17.2. The van der Waals surface area contributed by atoms with E-state index in [1.807, 2.05) is 48.5 Å². The van der Waals surface area contributed by atoms with Crippen LogP contribution in [0.25, 0.3) is 0 Å². The van der Waals surface area contributed by atoms with E-state index in [1.54, 1.807) is 29.0 Å². The van der Waals surface area contributed by atoms with Gasteiger partial charge in [0.2, 0.25) is 0 Å². The first kappa shape index (κ1) is 18.8. The third-order valence-electron chi connectivity index (χ3n) is 5.56. The SMILES string of the molecule is COc1ccc2c(c1)C1(SCCN1C(=O)c1ccco1)C(=O)N2Cc1ccccc1. The van der Waals surface area contributed by atoms with Gasteiger partial charge in [0.15, 0.2) is 10.6 Å². The van der Waals surface area contributed by atoms with E-state index in [-0.39, 0.29) is 17.6 Å². The molecule has 2 aliphatic rings. The predicted octanol–water partition coefficient (Wildman–Crippen LogP) is 3.88. The Morgan fingerprint density at radius 3 is 2.73 bits per heavy atom. The molecule has 0 bridgehead atoms. The van der Waals surface area contributed by atoms with Crippen molar-refractivity contribution >= 4 is 29.3 Å². The lowest BCUT2D eigenvalue weighted by atomic mass is 10.0. The monoisotopic (exact) mass is 420 g/mol. The predicted molar refractivity (Wildman–Crippen MR) is 115 cm³/mol. The quantitative estimate of drug-likeness (QED) is 0.641. The molecule has 3 heterocycles. The number of rotatable bonds is 4. The molecule has 0 radical (unpaired) electrons. The van der Waals surface area contributed by atoms with Crippen LogP contribution in [0.1, 0.15) is 21.7 Å². The van der Waals surface area contributed by atoms with Gasteiger partial charge in [0.05, 0.1) is 25.6 Å². The van der Waals surface area contributed by atoms with Crippen LogP contribution < -0.4 is 9.64 Å². The van der Waals surface area contributed by atoms with Crippen LogP contribution in [0.4, 0.5) is 5.69 Å². The molecule has 2 aliphatic heterocycles. The van der Waals surface area contributed by atoms with Crippen LogP contribution in [-0.4, -0.2) is 36.1 Å². The summed E-state index contributed by atoms with van der Waals surface area (Å²) in [5.74, 6) is 1.15. The van der Waals surface area contributed by atoms with E-state index in [4.69, 9.17) is 9.15 Å². The van der Waals surface area contributed by atoms with Crippen molar-refractivity contribution in [2.24, 2.45) is 0 Å². The van der Waals surface area contributed by atoms with Gasteiger partial charge in [-0.15, -0.1) is 11.8 Å². The highest BCUT2D eigenvalue weighted by Crippen LogP contribution is 2.55. The van der Waals surface area contributed by atoms with Gasteiger partial charge in [-0.1, -0.05) is 30.3 Å². The number of carbonyl (C=O) groups excluding carboxylic acids is 2. The lowest BCUT2D eigenvalue weighted by Gasteiger charge is -2.32. The summed E-state index contributed by atoms with van der Waals surface area (Å²) in [5, 5.41) is 0. The summed E-state index contributed by atoms with van der Waals surface area (Å²) in [6, 6.07) is 18.8. The standard InChI is InChI=1S/C23H20N2O4S/c1-28-17-9-10-19-18(14-17)23(22(27)24(19)15-16-6-3-2-4-7-16)25(11-13-30-23)21(26)20-8-5-12-29-20/h2-10,12,14H,11,13,15H2,1H3. The van der Waals surface area contributed by atoms with Crippen LogP contribution >= 0.6 is 11.8 Å². The average molecular weight is 420 g/mol. The minimum absolute atomic E-state index is 0.114. The van der Waals surface area contributed by atoms with E-state index >= 15 is 0 Å². The molecule has 1 atom stereocenters. The highest BCUT2D eigenvalue weighted by Gasteiger charge is 2.59. The Kier molecular flexibility index (Phi) is 4.55. The third kappa shape index (κ3) is 2.73. The van der Waals surface area contributed by atoms with E-state index in [2.05, 4.69) is 0 Å². The summed E-state index contributed by atoms with van der Waals surface area (Å²) < 4.78 is 10.8. The van der Waals surface area contributed by atoms with Gasteiger partial charge in [0.25, 0.3) is 11.8 Å². The number of hydrogen-bond donors (Lipinski definition) is 0. The average Bonchev–Trinajstić information content (AvgIpc) is 3.51. The fourth-order valence-electron chi connectivity index (χ4n) is 4.18. The first-order chi connectivity index (χ1) is 14.6. The molecule has 0 aliphatic carbocycles. The van der Waals surface area contributed by atoms with Crippen molar-refractivity contribution in [3.8, 4) is 5.75 Å². The Morgan fingerprint density at radius 2 is 2.00 bits per heavy atom. The normalized spacial score (nSPS) is 20.1. The number of hydrogen-bond acceptors (Lipinski definition) is 5. The Labute approximate surface area is 178 Å². The molecule has 2 amide bonds. The van der Waals surface area contributed by atoms with Crippen molar-refractivity contribution in [3.05, 3.63) is 83.8 Å². The highest BCUT2D eigenvalue weighted by molar-refractivity contribution is 8.01. The summed E-state index contributed by atoms with van der Waals surface area (Å²) in [5.41, 5.74) is 2.61. The lowest BCUT2D eigenvalue weighted by Crippen LogP contribution is -2.50. The zero-order chi connectivity index (χ0) is 20.7. The van der Waals surface area contributed by atoms with E-state index in [0.717, 1.165) is 16.8 Å². The Bertz CT molecular complexity index is 1100.